The van der Waals surface area contributed by atoms with E-state index in [4.69, 9.17) is 0 Å². The molecular weight excluding hydrogens is 308 g/mol. The van der Waals surface area contributed by atoms with E-state index in [1.807, 2.05) is 13.0 Å². The van der Waals surface area contributed by atoms with Crippen LogP contribution < -0.4 is 0 Å². The first-order valence-corrected chi connectivity index (χ1v) is 8.02. The molecule has 0 bridgehead atoms. The van der Waals surface area contributed by atoms with Crippen molar-refractivity contribution >= 4 is 23.5 Å². The fourth-order valence-corrected chi connectivity index (χ4v) is 3.40. The van der Waals surface area contributed by atoms with Crippen LogP contribution in [-0.2, 0) is 9.59 Å². The second kappa shape index (κ2) is 6.11. The molecule has 0 saturated carbocycles. The van der Waals surface area contributed by atoms with Crippen molar-refractivity contribution in [3.8, 4) is 0 Å². The van der Waals surface area contributed by atoms with Crippen molar-refractivity contribution in [2.45, 2.75) is 25.8 Å². The van der Waals surface area contributed by atoms with Gasteiger partial charge in [-0.2, -0.15) is 0 Å². The van der Waals surface area contributed by atoms with Gasteiger partial charge in [0, 0.05) is 23.4 Å². The Morgan fingerprint density at radius 3 is 2.58 bits per heavy atom. The van der Waals surface area contributed by atoms with Crippen LogP contribution in [-0.4, -0.2) is 51.8 Å². The number of carbonyl (C=O) groups is 3. The van der Waals surface area contributed by atoms with Gasteiger partial charge in [-0.25, -0.2) is 4.79 Å². The molecule has 1 aromatic carbocycles. The molecule has 2 unspecified atom stereocenters. The zero-order valence-corrected chi connectivity index (χ0v) is 13.6. The lowest BCUT2D eigenvalue weighted by molar-refractivity contribution is -0.153. The van der Waals surface area contributed by atoms with Gasteiger partial charge in [0.05, 0.1) is 0 Å². The zero-order valence-electron chi connectivity index (χ0n) is 13.6. The Morgan fingerprint density at radius 1 is 1.29 bits per heavy atom. The van der Waals surface area contributed by atoms with E-state index < -0.39 is 12.0 Å². The summed E-state index contributed by atoms with van der Waals surface area (Å²) in [7, 11) is 0. The fraction of sp³-hybridized carbons (Fsp3) is 0.389. The molecule has 2 heterocycles. The van der Waals surface area contributed by atoms with E-state index in [-0.39, 0.29) is 24.3 Å². The number of carboxylic acid groups (broad SMARTS) is 1. The van der Waals surface area contributed by atoms with Crippen LogP contribution in [0.1, 0.15) is 35.7 Å². The summed E-state index contributed by atoms with van der Waals surface area (Å²) in [5.74, 6) is -1.34. The van der Waals surface area contributed by atoms with E-state index in [2.05, 4.69) is 6.58 Å². The Morgan fingerprint density at radius 2 is 1.96 bits per heavy atom. The molecule has 2 amide bonds. The van der Waals surface area contributed by atoms with Crippen molar-refractivity contribution in [3.05, 3.63) is 42.0 Å². The Balaban J connectivity index is 1.77. The van der Waals surface area contributed by atoms with Crippen molar-refractivity contribution in [2.75, 3.05) is 13.1 Å². The predicted molar refractivity (Wildman–Crippen MR) is 88.0 cm³/mol. The van der Waals surface area contributed by atoms with E-state index in [1.165, 1.54) is 9.80 Å². The summed E-state index contributed by atoms with van der Waals surface area (Å²) in [5.41, 5.74) is 1.73. The van der Waals surface area contributed by atoms with Gasteiger partial charge >= 0.3 is 5.97 Å². The molecular formula is C18H20N2O4. The average Bonchev–Trinajstić information content (AvgIpc) is 2.80. The van der Waals surface area contributed by atoms with E-state index >= 15 is 0 Å². The standard InChI is InChI=1S/C18H20N2O4/c1-11-7-8-19(15(9-11)18(23)24)16(21)10-20-12(2)13-5-3-4-6-14(13)17(20)22/h3-6,11,15H,2,7-10H2,1H3,(H,23,24). The number of hydrogen-bond donors (Lipinski definition) is 1. The summed E-state index contributed by atoms with van der Waals surface area (Å²) in [6.07, 6.45) is 1.21. The SMILES string of the molecule is C=C1c2ccccc2C(=O)N1CC(=O)N1CCC(C)CC1C(=O)O. The number of benzene rings is 1. The van der Waals surface area contributed by atoms with Crippen molar-refractivity contribution in [1.29, 1.82) is 0 Å². The Labute approximate surface area is 140 Å². The van der Waals surface area contributed by atoms with E-state index in [9.17, 15) is 19.5 Å². The average molecular weight is 328 g/mol. The second-order valence-electron chi connectivity index (χ2n) is 6.45. The maximum atomic E-state index is 12.6. The first kappa shape index (κ1) is 16.2. The predicted octanol–water partition coefficient (Wildman–Crippen LogP) is 1.82. The molecule has 126 valence electrons. The van der Waals surface area contributed by atoms with Gasteiger partial charge < -0.3 is 10.0 Å². The minimum absolute atomic E-state index is 0.176. The zero-order chi connectivity index (χ0) is 17.4. The molecule has 1 fully saturated rings. The number of nitrogens with zero attached hydrogens (tertiary/aromatic N) is 2. The number of hydrogen-bond acceptors (Lipinski definition) is 3. The quantitative estimate of drug-likeness (QED) is 0.918. The van der Waals surface area contributed by atoms with Gasteiger partial charge in [0.15, 0.2) is 0 Å². The minimum Gasteiger partial charge on any atom is -0.480 e. The van der Waals surface area contributed by atoms with Crippen LogP contribution in [0.25, 0.3) is 5.70 Å². The van der Waals surface area contributed by atoms with Crippen LogP contribution in [0, 0.1) is 5.92 Å². The summed E-state index contributed by atoms with van der Waals surface area (Å²) in [5, 5.41) is 9.39. The first-order chi connectivity index (χ1) is 11.4. The molecule has 0 aliphatic carbocycles. The molecule has 24 heavy (non-hydrogen) atoms. The summed E-state index contributed by atoms with van der Waals surface area (Å²) in [6.45, 7) is 6.12. The van der Waals surface area contributed by atoms with Gasteiger partial charge in [-0.1, -0.05) is 31.7 Å². The number of likely N-dealkylation sites (tertiary alicyclic amines) is 1. The number of carbonyl (C=O) groups excluding carboxylic acids is 2. The van der Waals surface area contributed by atoms with Gasteiger partial charge in [0.1, 0.15) is 12.6 Å². The maximum absolute atomic E-state index is 12.6. The number of aliphatic carboxylic acids is 1. The van der Waals surface area contributed by atoms with Gasteiger partial charge in [-0.3, -0.25) is 14.5 Å². The molecule has 0 radical (unpaired) electrons. The number of rotatable bonds is 3. The highest BCUT2D eigenvalue weighted by Gasteiger charge is 2.38. The van der Waals surface area contributed by atoms with Crippen LogP contribution in [0.4, 0.5) is 0 Å². The molecule has 3 rings (SSSR count). The lowest BCUT2D eigenvalue weighted by atomic mass is 9.92. The summed E-state index contributed by atoms with van der Waals surface area (Å²) in [4.78, 5) is 39.3. The van der Waals surface area contributed by atoms with Gasteiger partial charge in [-0.15, -0.1) is 0 Å². The summed E-state index contributed by atoms with van der Waals surface area (Å²) in [6, 6.07) is 6.25. The molecule has 1 saturated heterocycles. The summed E-state index contributed by atoms with van der Waals surface area (Å²) >= 11 is 0. The molecule has 6 heteroatoms. The lowest BCUT2D eigenvalue weighted by Crippen LogP contribution is -2.52. The highest BCUT2D eigenvalue weighted by molar-refractivity contribution is 6.10. The topological polar surface area (TPSA) is 77.9 Å². The van der Waals surface area contributed by atoms with Crippen molar-refractivity contribution in [1.82, 2.24) is 9.80 Å². The van der Waals surface area contributed by atoms with Crippen LogP contribution in [0.5, 0.6) is 0 Å². The number of carboxylic acids is 1. The Kier molecular flexibility index (Phi) is 4.13. The third-order valence-electron chi connectivity index (χ3n) is 4.80. The van der Waals surface area contributed by atoms with E-state index in [0.717, 1.165) is 12.0 Å². The highest BCUT2D eigenvalue weighted by atomic mass is 16.4. The minimum atomic E-state index is -0.996. The first-order valence-electron chi connectivity index (χ1n) is 8.02. The van der Waals surface area contributed by atoms with Crippen molar-refractivity contribution in [2.24, 2.45) is 5.92 Å². The van der Waals surface area contributed by atoms with Crippen molar-refractivity contribution < 1.29 is 19.5 Å². The lowest BCUT2D eigenvalue weighted by Gasteiger charge is -2.36. The van der Waals surface area contributed by atoms with E-state index in [0.29, 0.717) is 24.2 Å². The molecule has 2 aliphatic heterocycles. The third-order valence-corrected chi connectivity index (χ3v) is 4.80. The van der Waals surface area contributed by atoms with Crippen LogP contribution in [0.2, 0.25) is 0 Å². The Hall–Kier alpha value is -2.63. The highest BCUT2D eigenvalue weighted by Crippen LogP contribution is 2.31. The molecule has 0 spiro atoms. The number of fused-ring (bicyclic) bond motifs is 1. The van der Waals surface area contributed by atoms with Gasteiger partial charge in [0.25, 0.3) is 5.91 Å². The molecule has 1 aromatic rings. The molecule has 2 aliphatic rings. The van der Waals surface area contributed by atoms with Gasteiger partial charge in [-0.05, 0) is 24.8 Å². The van der Waals surface area contributed by atoms with Gasteiger partial charge in [0.2, 0.25) is 5.91 Å². The normalized spacial score (nSPS) is 23.4. The fourth-order valence-electron chi connectivity index (χ4n) is 3.40. The maximum Gasteiger partial charge on any atom is 0.326 e. The van der Waals surface area contributed by atoms with Crippen LogP contribution >= 0.6 is 0 Å². The molecule has 0 aromatic heterocycles. The third kappa shape index (κ3) is 2.68. The number of amides is 2. The smallest absolute Gasteiger partial charge is 0.326 e. The monoisotopic (exact) mass is 328 g/mol. The second-order valence-corrected chi connectivity index (χ2v) is 6.45. The van der Waals surface area contributed by atoms with Crippen molar-refractivity contribution in [3.63, 3.8) is 0 Å². The molecule has 6 nitrogen and oxygen atoms in total. The van der Waals surface area contributed by atoms with Crippen LogP contribution in [0.15, 0.2) is 30.8 Å². The molecule has 2 atom stereocenters. The van der Waals surface area contributed by atoms with Crippen LogP contribution in [0.3, 0.4) is 0 Å². The Bertz CT molecular complexity index is 692. The number of piperidine rings is 1. The summed E-state index contributed by atoms with van der Waals surface area (Å²) < 4.78 is 0. The van der Waals surface area contributed by atoms with E-state index in [1.54, 1.807) is 18.2 Å². The largest absolute Gasteiger partial charge is 0.480 e. The molecule has 1 N–H and O–H groups in total.